The van der Waals surface area contributed by atoms with Crippen LogP contribution in [0, 0.1) is 6.92 Å². The number of nitrogens with one attached hydrogen (secondary N) is 2. The highest BCUT2D eigenvalue weighted by Gasteiger charge is 2.20. The van der Waals surface area contributed by atoms with Gasteiger partial charge in [0.2, 0.25) is 5.91 Å². The minimum Gasteiger partial charge on any atom is -0.382 e. The molecule has 5 heteroatoms. The Balaban J connectivity index is 1.59. The summed E-state index contributed by atoms with van der Waals surface area (Å²) in [6, 6.07) is 10.7. The van der Waals surface area contributed by atoms with Crippen LogP contribution >= 0.6 is 0 Å². The highest BCUT2D eigenvalue weighted by atomic mass is 16.1. The first-order valence-electron chi connectivity index (χ1n) is 9.48. The fourth-order valence-corrected chi connectivity index (χ4v) is 3.42. The van der Waals surface area contributed by atoms with E-state index >= 15 is 0 Å². The summed E-state index contributed by atoms with van der Waals surface area (Å²) in [6.45, 7) is 6.15. The molecule has 3 rings (SSSR count). The van der Waals surface area contributed by atoms with Crippen molar-refractivity contribution in [3.8, 4) is 0 Å². The molecule has 0 unspecified atom stereocenters. The van der Waals surface area contributed by atoms with Gasteiger partial charge in [0.25, 0.3) is 0 Å². The lowest BCUT2D eigenvalue weighted by Gasteiger charge is -2.34. The van der Waals surface area contributed by atoms with Gasteiger partial charge in [-0.3, -0.25) is 9.78 Å². The van der Waals surface area contributed by atoms with E-state index in [0.717, 1.165) is 49.3 Å². The zero-order chi connectivity index (χ0) is 18.4. The third-order valence-electron chi connectivity index (χ3n) is 4.97. The molecular formula is C21H28N4O. The van der Waals surface area contributed by atoms with Crippen LogP contribution in [0.3, 0.4) is 0 Å². The van der Waals surface area contributed by atoms with Gasteiger partial charge in [-0.25, -0.2) is 0 Å². The maximum atomic E-state index is 11.9. The van der Waals surface area contributed by atoms with E-state index in [1.807, 2.05) is 31.5 Å². The predicted octanol–water partition coefficient (Wildman–Crippen LogP) is 4.21. The molecule has 2 aromatic rings. The van der Waals surface area contributed by atoms with Crippen LogP contribution in [-0.4, -0.2) is 30.0 Å². The maximum absolute atomic E-state index is 11.9. The van der Waals surface area contributed by atoms with Gasteiger partial charge in [0, 0.05) is 55.0 Å². The Morgan fingerprint density at radius 2 is 1.85 bits per heavy atom. The molecule has 1 saturated heterocycles. The van der Waals surface area contributed by atoms with E-state index in [9.17, 15) is 4.79 Å². The van der Waals surface area contributed by atoms with Crippen molar-refractivity contribution < 1.29 is 4.79 Å². The Morgan fingerprint density at radius 3 is 2.54 bits per heavy atom. The highest BCUT2D eigenvalue weighted by molar-refractivity contribution is 5.92. The largest absolute Gasteiger partial charge is 0.382 e. The molecule has 1 aromatic carbocycles. The second-order valence-electron chi connectivity index (χ2n) is 6.89. The average molecular weight is 352 g/mol. The van der Waals surface area contributed by atoms with Crippen molar-refractivity contribution in [2.45, 2.75) is 45.6 Å². The van der Waals surface area contributed by atoms with Crippen molar-refractivity contribution in [1.82, 2.24) is 4.98 Å². The molecule has 0 saturated carbocycles. The second-order valence-corrected chi connectivity index (χ2v) is 6.89. The van der Waals surface area contributed by atoms with E-state index in [1.54, 1.807) is 0 Å². The smallest absolute Gasteiger partial charge is 0.224 e. The Labute approximate surface area is 155 Å². The lowest BCUT2D eigenvalue weighted by atomic mass is 10.0. The lowest BCUT2D eigenvalue weighted by molar-refractivity contribution is -0.116. The molecule has 0 spiro atoms. The quantitative estimate of drug-likeness (QED) is 0.818. The number of benzene rings is 1. The van der Waals surface area contributed by atoms with E-state index in [2.05, 4.69) is 45.6 Å². The fourth-order valence-electron chi connectivity index (χ4n) is 3.42. The monoisotopic (exact) mass is 352 g/mol. The van der Waals surface area contributed by atoms with E-state index < -0.39 is 0 Å². The van der Waals surface area contributed by atoms with Crippen molar-refractivity contribution >= 4 is 23.0 Å². The highest BCUT2D eigenvalue weighted by Crippen LogP contribution is 2.27. The first kappa shape index (κ1) is 18.2. The molecule has 138 valence electrons. The number of carbonyl (C=O) groups is 1. The standard InChI is InChI=1S/C21H28N4O/c1-3-5-21(26)24-20-7-4-6-19(16(20)2)23-17-10-14-25(15-11-17)18-8-12-22-13-9-18/h4,6-9,12-13,17,23H,3,5,10-11,14-15H2,1-2H3,(H,24,26). The summed E-state index contributed by atoms with van der Waals surface area (Å²) in [5, 5.41) is 6.70. The molecule has 26 heavy (non-hydrogen) atoms. The summed E-state index contributed by atoms with van der Waals surface area (Å²) in [4.78, 5) is 18.4. The Kier molecular flexibility index (Phi) is 6.10. The number of amides is 1. The summed E-state index contributed by atoms with van der Waals surface area (Å²) in [7, 11) is 0. The summed E-state index contributed by atoms with van der Waals surface area (Å²) < 4.78 is 0. The van der Waals surface area contributed by atoms with Crippen molar-refractivity contribution in [3.63, 3.8) is 0 Å². The topological polar surface area (TPSA) is 57.3 Å². The number of aromatic nitrogens is 1. The maximum Gasteiger partial charge on any atom is 0.224 e. The molecule has 0 radical (unpaired) electrons. The van der Waals surface area contributed by atoms with Crippen LogP contribution in [0.1, 0.15) is 38.2 Å². The molecule has 0 aliphatic carbocycles. The van der Waals surface area contributed by atoms with Gasteiger partial charge in [0.1, 0.15) is 0 Å². The van der Waals surface area contributed by atoms with Crippen molar-refractivity contribution in [2.24, 2.45) is 0 Å². The Hall–Kier alpha value is -2.56. The Bertz CT molecular complexity index is 724. The van der Waals surface area contributed by atoms with Crippen molar-refractivity contribution in [1.29, 1.82) is 0 Å². The number of hydrogen-bond acceptors (Lipinski definition) is 4. The minimum absolute atomic E-state index is 0.0819. The first-order chi connectivity index (χ1) is 12.7. The molecule has 5 nitrogen and oxygen atoms in total. The summed E-state index contributed by atoms with van der Waals surface area (Å²) >= 11 is 0. The number of hydrogen-bond donors (Lipinski definition) is 2. The summed E-state index contributed by atoms with van der Waals surface area (Å²) in [5.41, 5.74) is 4.37. The van der Waals surface area contributed by atoms with Gasteiger partial charge in [-0.05, 0) is 56.0 Å². The van der Waals surface area contributed by atoms with Crippen molar-refractivity contribution in [3.05, 3.63) is 48.3 Å². The predicted molar refractivity (Wildman–Crippen MR) is 108 cm³/mol. The normalized spacial score (nSPS) is 14.9. The lowest BCUT2D eigenvalue weighted by Crippen LogP contribution is -2.39. The molecule has 0 atom stereocenters. The van der Waals surface area contributed by atoms with E-state index in [0.29, 0.717) is 12.5 Å². The van der Waals surface area contributed by atoms with E-state index in [-0.39, 0.29) is 5.91 Å². The van der Waals surface area contributed by atoms with Crippen LogP contribution < -0.4 is 15.5 Å². The third-order valence-corrected chi connectivity index (χ3v) is 4.97. The molecule has 1 fully saturated rings. The minimum atomic E-state index is 0.0819. The number of anilines is 3. The Morgan fingerprint density at radius 1 is 1.15 bits per heavy atom. The number of nitrogens with zero attached hydrogens (tertiary/aromatic N) is 2. The van der Waals surface area contributed by atoms with Crippen LogP contribution in [0.25, 0.3) is 0 Å². The first-order valence-corrected chi connectivity index (χ1v) is 9.48. The van der Waals surface area contributed by atoms with Gasteiger partial charge in [-0.1, -0.05) is 13.0 Å². The third kappa shape index (κ3) is 4.54. The van der Waals surface area contributed by atoms with Gasteiger partial charge in [0.15, 0.2) is 0 Å². The fraction of sp³-hybridized carbons (Fsp3) is 0.429. The van der Waals surface area contributed by atoms with Gasteiger partial charge < -0.3 is 15.5 Å². The summed E-state index contributed by atoms with van der Waals surface area (Å²) in [5.74, 6) is 0.0819. The van der Waals surface area contributed by atoms with Crippen LogP contribution in [0.4, 0.5) is 17.1 Å². The van der Waals surface area contributed by atoms with Crippen molar-refractivity contribution in [2.75, 3.05) is 28.6 Å². The van der Waals surface area contributed by atoms with Crippen LogP contribution in [0.5, 0.6) is 0 Å². The number of pyridine rings is 1. The molecule has 1 aliphatic rings. The molecule has 1 amide bonds. The zero-order valence-electron chi connectivity index (χ0n) is 15.7. The summed E-state index contributed by atoms with van der Waals surface area (Å²) in [6.07, 6.45) is 7.30. The molecule has 2 N–H and O–H groups in total. The van der Waals surface area contributed by atoms with Crippen LogP contribution in [-0.2, 0) is 4.79 Å². The average Bonchev–Trinajstić information content (AvgIpc) is 2.66. The van der Waals surface area contributed by atoms with E-state index in [1.165, 1.54) is 5.69 Å². The van der Waals surface area contributed by atoms with Crippen LogP contribution in [0.15, 0.2) is 42.7 Å². The second kappa shape index (κ2) is 8.70. The zero-order valence-corrected chi connectivity index (χ0v) is 15.7. The van der Waals surface area contributed by atoms with E-state index in [4.69, 9.17) is 0 Å². The van der Waals surface area contributed by atoms with Gasteiger partial charge in [-0.15, -0.1) is 0 Å². The number of carbonyl (C=O) groups excluding carboxylic acids is 1. The van der Waals surface area contributed by atoms with Crippen LogP contribution in [0.2, 0.25) is 0 Å². The molecule has 1 aliphatic heterocycles. The molecular weight excluding hydrogens is 324 g/mol. The molecule has 1 aromatic heterocycles. The van der Waals surface area contributed by atoms with Gasteiger partial charge in [-0.2, -0.15) is 0 Å². The number of rotatable bonds is 6. The number of piperidine rings is 1. The van der Waals surface area contributed by atoms with Gasteiger partial charge >= 0.3 is 0 Å². The molecule has 2 heterocycles. The molecule has 0 bridgehead atoms. The SMILES string of the molecule is CCCC(=O)Nc1cccc(NC2CCN(c3ccncc3)CC2)c1C. The van der Waals surface area contributed by atoms with Gasteiger partial charge in [0.05, 0.1) is 0 Å².